The first-order chi connectivity index (χ1) is 16.1. The highest BCUT2D eigenvalue weighted by Crippen LogP contribution is 2.41. The SMILES string of the molecule is CCCCCOc1ccc(C2c3c(oc4ccccc4c3=O)C(=O)N2CCCO)cc1OC. The van der Waals surface area contributed by atoms with Crippen LogP contribution in [-0.4, -0.2) is 42.8 Å². The first-order valence-corrected chi connectivity index (χ1v) is 11.4. The van der Waals surface area contributed by atoms with Crippen LogP contribution in [0.2, 0.25) is 0 Å². The zero-order valence-corrected chi connectivity index (χ0v) is 19.0. The van der Waals surface area contributed by atoms with E-state index in [-0.39, 0.29) is 30.2 Å². The first kappa shape index (κ1) is 22.9. The Kier molecular flexibility index (Phi) is 6.99. The van der Waals surface area contributed by atoms with Crippen LogP contribution in [0.1, 0.15) is 60.3 Å². The number of carbonyl (C=O) groups is 1. The van der Waals surface area contributed by atoms with Gasteiger partial charge >= 0.3 is 0 Å². The molecule has 1 atom stereocenters. The summed E-state index contributed by atoms with van der Waals surface area (Å²) < 4.78 is 17.4. The molecule has 0 radical (unpaired) electrons. The van der Waals surface area contributed by atoms with E-state index in [9.17, 15) is 14.7 Å². The van der Waals surface area contributed by atoms with Gasteiger partial charge in [-0.15, -0.1) is 0 Å². The van der Waals surface area contributed by atoms with Gasteiger partial charge in [-0.2, -0.15) is 0 Å². The molecule has 1 amide bonds. The molecule has 0 fully saturated rings. The molecule has 4 rings (SSSR count). The van der Waals surface area contributed by atoms with Crippen molar-refractivity contribution in [1.29, 1.82) is 0 Å². The van der Waals surface area contributed by atoms with Gasteiger partial charge in [0.25, 0.3) is 5.91 Å². The maximum atomic E-state index is 13.4. The lowest BCUT2D eigenvalue weighted by Gasteiger charge is -2.25. The summed E-state index contributed by atoms with van der Waals surface area (Å²) in [5.41, 5.74) is 1.19. The highest BCUT2D eigenvalue weighted by atomic mass is 16.5. The molecule has 1 aliphatic rings. The van der Waals surface area contributed by atoms with Crippen molar-refractivity contribution in [1.82, 2.24) is 4.90 Å². The van der Waals surface area contributed by atoms with Crippen molar-refractivity contribution < 1.29 is 23.8 Å². The van der Waals surface area contributed by atoms with Gasteiger partial charge in [-0.25, -0.2) is 0 Å². The molecule has 0 saturated carbocycles. The summed E-state index contributed by atoms with van der Waals surface area (Å²) in [6.45, 7) is 2.95. The quantitative estimate of drug-likeness (QED) is 0.463. The minimum absolute atomic E-state index is 0.0560. The molecule has 3 aromatic rings. The van der Waals surface area contributed by atoms with Gasteiger partial charge in [-0.05, 0) is 42.7 Å². The lowest BCUT2D eigenvalue weighted by Crippen LogP contribution is -2.31. The van der Waals surface area contributed by atoms with Crippen molar-refractivity contribution in [2.24, 2.45) is 0 Å². The number of nitrogens with zero attached hydrogens (tertiary/aromatic N) is 1. The molecule has 1 aliphatic heterocycles. The van der Waals surface area contributed by atoms with Crippen LogP contribution < -0.4 is 14.9 Å². The molecule has 2 aromatic carbocycles. The predicted molar refractivity (Wildman–Crippen MR) is 125 cm³/mol. The van der Waals surface area contributed by atoms with E-state index in [1.807, 2.05) is 18.2 Å². The molecule has 0 bridgehead atoms. The average Bonchev–Trinajstić information content (AvgIpc) is 3.12. The Balaban J connectivity index is 1.79. The van der Waals surface area contributed by atoms with Crippen molar-refractivity contribution in [3.05, 3.63) is 69.6 Å². The fourth-order valence-electron chi connectivity index (χ4n) is 4.29. The lowest BCUT2D eigenvalue weighted by molar-refractivity contribution is 0.0716. The summed E-state index contributed by atoms with van der Waals surface area (Å²) in [5, 5.41) is 9.81. The highest BCUT2D eigenvalue weighted by molar-refractivity contribution is 5.99. The third-order valence-electron chi connectivity index (χ3n) is 5.94. The number of hydrogen-bond donors (Lipinski definition) is 1. The number of methoxy groups -OCH3 is 1. The summed E-state index contributed by atoms with van der Waals surface area (Å²) in [7, 11) is 1.57. The number of hydrogen-bond acceptors (Lipinski definition) is 6. The second-order valence-corrected chi connectivity index (χ2v) is 8.11. The maximum absolute atomic E-state index is 13.4. The number of benzene rings is 2. The smallest absolute Gasteiger partial charge is 0.290 e. The zero-order valence-electron chi connectivity index (χ0n) is 19.0. The fraction of sp³-hybridized carbons (Fsp3) is 0.385. The topological polar surface area (TPSA) is 89.2 Å². The van der Waals surface area contributed by atoms with Crippen LogP contribution in [0.25, 0.3) is 11.0 Å². The van der Waals surface area contributed by atoms with E-state index in [0.717, 1.165) is 24.8 Å². The van der Waals surface area contributed by atoms with Gasteiger partial charge in [0, 0.05) is 13.2 Å². The van der Waals surface area contributed by atoms with Gasteiger partial charge < -0.3 is 23.9 Å². The summed E-state index contributed by atoms with van der Waals surface area (Å²) in [6, 6.07) is 11.8. The van der Waals surface area contributed by atoms with E-state index in [1.165, 1.54) is 0 Å². The number of unbranched alkanes of at least 4 members (excludes halogenated alkanes) is 2. The number of ether oxygens (including phenoxy) is 2. The average molecular weight is 452 g/mol. The number of aliphatic hydroxyl groups excluding tert-OH is 1. The molecule has 1 aromatic heterocycles. The van der Waals surface area contributed by atoms with Gasteiger partial charge in [-0.3, -0.25) is 9.59 Å². The molecule has 7 nitrogen and oxygen atoms in total. The van der Waals surface area contributed by atoms with Crippen molar-refractivity contribution >= 4 is 16.9 Å². The van der Waals surface area contributed by atoms with Gasteiger partial charge in [0.15, 0.2) is 16.9 Å². The standard InChI is InChI=1S/C26H29NO6/c1-3-4-7-15-32-20-12-11-17(16-21(20)31-2)23-22-24(29)18-9-5-6-10-19(18)33-25(22)26(30)27(23)13-8-14-28/h5-6,9-12,16,23,28H,3-4,7-8,13-15H2,1-2H3. The Morgan fingerprint density at radius 3 is 2.64 bits per heavy atom. The van der Waals surface area contributed by atoms with Gasteiger partial charge in [0.05, 0.1) is 30.7 Å². The second-order valence-electron chi connectivity index (χ2n) is 8.11. The second kappa shape index (κ2) is 10.1. The number of carbonyl (C=O) groups excluding carboxylic acids is 1. The van der Waals surface area contributed by atoms with Crippen molar-refractivity contribution in [3.63, 3.8) is 0 Å². The van der Waals surface area contributed by atoms with Crippen molar-refractivity contribution in [2.45, 2.75) is 38.6 Å². The van der Waals surface area contributed by atoms with Gasteiger partial charge in [0.2, 0.25) is 5.76 Å². The third-order valence-corrected chi connectivity index (χ3v) is 5.94. The number of amides is 1. The minimum Gasteiger partial charge on any atom is -0.493 e. The Morgan fingerprint density at radius 1 is 1.06 bits per heavy atom. The van der Waals surface area contributed by atoms with E-state index < -0.39 is 6.04 Å². The largest absolute Gasteiger partial charge is 0.493 e. The normalized spacial score (nSPS) is 15.2. The van der Waals surface area contributed by atoms with Crippen LogP contribution in [-0.2, 0) is 0 Å². The van der Waals surface area contributed by atoms with E-state index >= 15 is 0 Å². The molecule has 174 valence electrons. The van der Waals surface area contributed by atoms with Crippen LogP contribution in [0.4, 0.5) is 0 Å². The van der Waals surface area contributed by atoms with E-state index in [0.29, 0.717) is 41.1 Å². The van der Waals surface area contributed by atoms with Crippen LogP contribution in [0.3, 0.4) is 0 Å². The molecule has 0 saturated heterocycles. The third kappa shape index (κ3) is 4.33. The monoisotopic (exact) mass is 451 g/mol. The predicted octanol–water partition coefficient (Wildman–Crippen LogP) is 4.30. The molecule has 0 spiro atoms. The number of aliphatic hydroxyl groups is 1. The Hall–Kier alpha value is -3.32. The zero-order chi connectivity index (χ0) is 23.4. The van der Waals surface area contributed by atoms with E-state index in [4.69, 9.17) is 13.9 Å². The van der Waals surface area contributed by atoms with Crippen LogP contribution >= 0.6 is 0 Å². The number of fused-ring (bicyclic) bond motifs is 2. The number of rotatable bonds is 10. The van der Waals surface area contributed by atoms with Gasteiger partial charge in [-0.1, -0.05) is 38.0 Å². The summed E-state index contributed by atoms with van der Waals surface area (Å²) in [5.74, 6) is 0.859. The first-order valence-electron chi connectivity index (χ1n) is 11.4. The van der Waals surface area contributed by atoms with Gasteiger partial charge in [0.1, 0.15) is 5.58 Å². The highest BCUT2D eigenvalue weighted by Gasteiger charge is 2.42. The molecule has 7 heteroatoms. The maximum Gasteiger partial charge on any atom is 0.290 e. The molecule has 0 aliphatic carbocycles. The van der Waals surface area contributed by atoms with Crippen molar-refractivity contribution in [3.8, 4) is 11.5 Å². The number of para-hydroxylation sites is 1. The Morgan fingerprint density at radius 2 is 1.88 bits per heavy atom. The Bertz CT molecular complexity index is 1200. The van der Waals surface area contributed by atoms with Crippen LogP contribution in [0.5, 0.6) is 11.5 Å². The van der Waals surface area contributed by atoms with Crippen LogP contribution in [0.15, 0.2) is 51.7 Å². The van der Waals surface area contributed by atoms with E-state index in [1.54, 1.807) is 36.3 Å². The molecule has 1 unspecified atom stereocenters. The molecule has 1 N–H and O–H groups in total. The summed E-state index contributed by atoms with van der Waals surface area (Å²) in [6.07, 6.45) is 3.54. The molecule has 33 heavy (non-hydrogen) atoms. The molecular formula is C26H29NO6. The van der Waals surface area contributed by atoms with Crippen molar-refractivity contribution in [2.75, 3.05) is 26.9 Å². The fourth-order valence-corrected chi connectivity index (χ4v) is 4.29. The minimum atomic E-state index is -0.636. The molecule has 2 heterocycles. The van der Waals surface area contributed by atoms with Crippen LogP contribution in [0, 0.1) is 0 Å². The lowest BCUT2D eigenvalue weighted by atomic mass is 9.98. The Labute approximate surface area is 192 Å². The summed E-state index contributed by atoms with van der Waals surface area (Å²) >= 11 is 0. The summed E-state index contributed by atoms with van der Waals surface area (Å²) in [4.78, 5) is 28.3. The molecular weight excluding hydrogens is 422 g/mol. The van der Waals surface area contributed by atoms with E-state index in [2.05, 4.69) is 6.92 Å².